The molecule has 0 bridgehead atoms. The first-order valence-corrected chi connectivity index (χ1v) is 11.3. The second-order valence-electron chi connectivity index (χ2n) is 8.58. The molecular weight excluding hydrogens is 380 g/mol. The first-order chi connectivity index (χ1) is 15.1. The fourth-order valence-electron chi connectivity index (χ4n) is 4.56. The molecular formula is C28H32N2O. The van der Waals surface area contributed by atoms with E-state index in [-0.39, 0.29) is 11.9 Å². The van der Waals surface area contributed by atoms with Crippen molar-refractivity contribution in [1.82, 2.24) is 9.80 Å². The lowest BCUT2D eigenvalue weighted by molar-refractivity contribution is -0.133. The largest absolute Gasteiger partial charge is 0.340 e. The summed E-state index contributed by atoms with van der Waals surface area (Å²) in [6, 6.07) is 28.0. The van der Waals surface area contributed by atoms with E-state index in [2.05, 4.69) is 79.4 Å². The molecule has 3 aromatic carbocycles. The molecule has 1 atom stereocenters. The highest BCUT2D eigenvalue weighted by molar-refractivity contribution is 5.76. The number of piperazine rings is 1. The summed E-state index contributed by atoms with van der Waals surface area (Å²) in [5, 5.41) is 0. The molecule has 3 heteroatoms. The smallest absolute Gasteiger partial charge is 0.222 e. The van der Waals surface area contributed by atoms with Crippen LogP contribution < -0.4 is 0 Å². The van der Waals surface area contributed by atoms with Crippen LogP contribution in [0.4, 0.5) is 0 Å². The molecule has 1 aliphatic heterocycles. The zero-order chi connectivity index (χ0) is 21.6. The molecule has 0 radical (unpaired) electrons. The maximum Gasteiger partial charge on any atom is 0.222 e. The highest BCUT2D eigenvalue weighted by Crippen LogP contribution is 2.32. The van der Waals surface area contributed by atoms with Gasteiger partial charge < -0.3 is 4.90 Å². The zero-order valence-corrected chi connectivity index (χ0v) is 18.6. The Bertz CT molecular complexity index is 992. The third-order valence-electron chi connectivity index (χ3n) is 6.35. The summed E-state index contributed by atoms with van der Waals surface area (Å²) in [6.45, 7) is 7.74. The van der Waals surface area contributed by atoms with Gasteiger partial charge in [0.05, 0.1) is 6.04 Å². The molecule has 0 saturated carbocycles. The number of rotatable bonds is 6. The summed E-state index contributed by atoms with van der Waals surface area (Å²) in [4.78, 5) is 17.4. The van der Waals surface area contributed by atoms with E-state index in [9.17, 15) is 4.79 Å². The van der Waals surface area contributed by atoms with Crippen LogP contribution in [0.5, 0.6) is 0 Å². The molecule has 1 saturated heterocycles. The van der Waals surface area contributed by atoms with E-state index in [1.54, 1.807) is 0 Å². The van der Waals surface area contributed by atoms with Crippen LogP contribution in [-0.4, -0.2) is 41.9 Å². The summed E-state index contributed by atoms with van der Waals surface area (Å²) in [5.41, 5.74) is 6.53. The summed E-state index contributed by atoms with van der Waals surface area (Å²) >= 11 is 0. The first-order valence-electron chi connectivity index (χ1n) is 11.3. The van der Waals surface area contributed by atoms with Gasteiger partial charge in [0, 0.05) is 32.6 Å². The Kier molecular flexibility index (Phi) is 6.83. The number of carbonyl (C=O) groups is 1. The quantitative estimate of drug-likeness (QED) is 0.558. The Morgan fingerprint density at radius 3 is 2.16 bits per heavy atom. The van der Waals surface area contributed by atoms with Gasteiger partial charge in [0.2, 0.25) is 5.91 Å². The van der Waals surface area contributed by atoms with Crippen LogP contribution in [0.3, 0.4) is 0 Å². The zero-order valence-electron chi connectivity index (χ0n) is 18.6. The number of amides is 1. The molecule has 0 aromatic heterocycles. The SMILES string of the molecule is Cc1ccc(C)c([C@@H](c2ccccc2)N2CCN(C(=O)CCc3ccccc3)CC2)c1. The Labute approximate surface area is 186 Å². The van der Waals surface area contributed by atoms with E-state index in [0.29, 0.717) is 6.42 Å². The van der Waals surface area contributed by atoms with E-state index in [1.807, 2.05) is 23.1 Å². The Morgan fingerprint density at radius 1 is 0.839 bits per heavy atom. The number of hydrogen-bond acceptors (Lipinski definition) is 2. The van der Waals surface area contributed by atoms with Crippen LogP contribution >= 0.6 is 0 Å². The van der Waals surface area contributed by atoms with Crippen molar-refractivity contribution in [2.75, 3.05) is 26.2 Å². The molecule has 1 heterocycles. The minimum absolute atomic E-state index is 0.225. The molecule has 3 nitrogen and oxygen atoms in total. The lowest BCUT2D eigenvalue weighted by Gasteiger charge is -2.40. The molecule has 4 rings (SSSR count). The maximum atomic E-state index is 12.8. The number of aryl methyl sites for hydroxylation is 3. The molecule has 3 aromatic rings. The molecule has 0 unspecified atom stereocenters. The van der Waals surface area contributed by atoms with Crippen LogP contribution in [0.15, 0.2) is 78.9 Å². The number of hydrogen-bond donors (Lipinski definition) is 0. The molecule has 160 valence electrons. The predicted molar refractivity (Wildman–Crippen MR) is 127 cm³/mol. The van der Waals surface area contributed by atoms with Crippen LogP contribution in [-0.2, 0) is 11.2 Å². The second-order valence-corrected chi connectivity index (χ2v) is 8.58. The minimum Gasteiger partial charge on any atom is -0.340 e. The molecule has 1 aliphatic rings. The van der Waals surface area contributed by atoms with Crippen molar-refractivity contribution in [3.05, 3.63) is 107 Å². The monoisotopic (exact) mass is 412 g/mol. The minimum atomic E-state index is 0.225. The normalized spacial score (nSPS) is 15.6. The van der Waals surface area contributed by atoms with Crippen molar-refractivity contribution in [3.8, 4) is 0 Å². The fourth-order valence-corrected chi connectivity index (χ4v) is 4.56. The van der Waals surface area contributed by atoms with Crippen LogP contribution in [0.1, 0.15) is 40.3 Å². The molecule has 0 spiro atoms. The molecule has 1 amide bonds. The highest BCUT2D eigenvalue weighted by atomic mass is 16.2. The van der Waals surface area contributed by atoms with Crippen molar-refractivity contribution in [2.45, 2.75) is 32.7 Å². The Morgan fingerprint density at radius 2 is 1.48 bits per heavy atom. The molecule has 0 N–H and O–H groups in total. The second kappa shape index (κ2) is 9.93. The topological polar surface area (TPSA) is 23.6 Å². The summed E-state index contributed by atoms with van der Waals surface area (Å²) in [6.07, 6.45) is 1.40. The molecule has 0 aliphatic carbocycles. The summed E-state index contributed by atoms with van der Waals surface area (Å²) in [5.74, 6) is 0.270. The number of benzene rings is 3. The number of carbonyl (C=O) groups excluding carboxylic acids is 1. The van der Waals surface area contributed by atoms with Crippen molar-refractivity contribution in [1.29, 1.82) is 0 Å². The molecule has 1 fully saturated rings. The third-order valence-corrected chi connectivity index (χ3v) is 6.35. The van der Waals surface area contributed by atoms with Crippen LogP contribution in [0, 0.1) is 13.8 Å². The van der Waals surface area contributed by atoms with Gasteiger partial charge in [-0.1, -0.05) is 84.4 Å². The van der Waals surface area contributed by atoms with Crippen molar-refractivity contribution < 1.29 is 4.79 Å². The standard InChI is InChI=1S/C28H32N2O/c1-22-13-14-23(2)26(21-22)28(25-11-7-4-8-12-25)30-19-17-29(18-20-30)27(31)16-15-24-9-5-3-6-10-24/h3-14,21,28H,15-20H2,1-2H3/t28-/m1/s1. The Hall–Kier alpha value is -2.91. The summed E-state index contributed by atoms with van der Waals surface area (Å²) in [7, 11) is 0. The van der Waals surface area contributed by atoms with E-state index < -0.39 is 0 Å². The average molecular weight is 413 g/mol. The van der Waals surface area contributed by atoms with Gasteiger partial charge in [-0.2, -0.15) is 0 Å². The van der Waals surface area contributed by atoms with Gasteiger partial charge in [0.25, 0.3) is 0 Å². The van der Waals surface area contributed by atoms with Crippen molar-refractivity contribution in [3.63, 3.8) is 0 Å². The number of nitrogens with zero attached hydrogens (tertiary/aromatic N) is 2. The van der Waals surface area contributed by atoms with Crippen molar-refractivity contribution >= 4 is 5.91 Å². The van der Waals surface area contributed by atoms with E-state index >= 15 is 0 Å². The van der Waals surface area contributed by atoms with Gasteiger partial charge in [0.1, 0.15) is 0 Å². The van der Waals surface area contributed by atoms with E-state index in [4.69, 9.17) is 0 Å². The third kappa shape index (κ3) is 5.23. The highest BCUT2D eigenvalue weighted by Gasteiger charge is 2.28. The maximum absolute atomic E-state index is 12.8. The predicted octanol–water partition coefficient (Wildman–Crippen LogP) is 5.17. The van der Waals surface area contributed by atoms with Gasteiger partial charge in [0.15, 0.2) is 0 Å². The van der Waals surface area contributed by atoms with Gasteiger partial charge in [-0.05, 0) is 42.5 Å². The first kappa shape index (κ1) is 21.3. The van der Waals surface area contributed by atoms with Crippen LogP contribution in [0.25, 0.3) is 0 Å². The van der Waals surface area contributed by atoms with Crippen molar-refractivity contribution in [2.24, 2.45) is 0 Å². The Balaban J connectivity index is 1.45. The molecule has 31 heavy (non-hydrogen) atoms. The fraction of sp³-hybridized carbons (Fsp3) is 0.321. The lowest BCUT2D eigenvalue weighted by Crippen LogP contribution is -2.50. The van der Waals surface area contributed by atoms with E-state index in [0.717, 1.165) is 32.6 Å². The van der Waals surface area contributed by atoms with Gasteiger partial charge in [-0.15, -0.1) is 0 Å². The lowest BCUT2D eigenvalue weighted by atomic mass is 9.92. The van der Waals surface area contributed by atoms with E-state index in [1.165, 1.54) is 27.8 Å². The van der Waals surface area contributed by atoms with Gasteiger partial charge in [-0.25, -0.2) is 0 Å². The van der Waals surface area contributed by atoms with Crippen LogP contribution in [0.2, 0.25) is 0 Å². The van der Waals surface area contributed by atoms with Gasteiger partial charge in [-0.3, -0.25) is 9.69 Å². The summed E-state index contributed by atoms with van der Waals surface area (Å²) < 4.78 is 0. The average Bonchev–Trinajstić information content (AvgIpc) is 2.82. The van der Waals surface area contributed by atoms with Gasteiger partial charge >= 0.3 is 0 Å².